The molecule has 5 heteroatoms. The molecular formula is C19H25FN4. The van der Waals surface area contributed by atoms with E-state index < -0.39 is 0 Å². The summed E-state index contributed by atoms with van der Waals surface area (Å²) in [6.07, 6.45) is 7.16. The second-order valence-electron chi connectivity index (χ2n) is 7.05. The van der Waals surface area contributed by atoms with Crippen LogP contribution in [0.1, 0.15) is 31.2 Å². The van der Waals surface area contributed by atoms with Gasteiger partial charge in [-0.05, 0) is 57.5 Å². The predicted octanol–water partition coefficient (Wildman–Crippen LogP) is 3.28. The van der Waals surface area contributed by atoms with E-state index in [9.17, 15) is 4.39 Å². The Labute approximate surface area is 142 Å². The van der Waals surface area contributed by atoms with Crippen molar-refractivity contribution < 1.29 is 4.39 Å². The smallest absolute Gasteiger partial charge is 0.123 e. The molecule has 0 saturated carbocycles. The van der Waals surface area contributed by atoms with Gasteiger partial charge in [-0.25, -0.2) is 4.39 Å². The molecule has 2 aliphatic heterocycles. The first-order chi connectivity index (χ1) is 11.8. The molecule has 1 N–H and O–H groups in total. The molecule has 1 unspecified atom stereocenters. The number of halogens is 1. The van der Waals surface area contributed by atoms with Gasteiger partial charge in [0.1, 0.15) is 5.82 Å². The van der Waals surface area contributed by atoms with E-state index in [1.54, 1.807) is 12.1 Å². The fourth-order valence-electron chi connectivity index (χ4n) is 4.15. The van der Waals surface area contributed by atoms with Gasteiger partial charge in [-0.3, -0.25) is 14.9 Å². The van der Waals surface area contributed by atoms with Crippen LogP contribution in [0.5, 0.6) is 0 Å². The van der Waals surface area contributed by atoms with Crippen molar-refractivity contribution in [3.63, 3.8) is 0 Å². The van der Waals surface area contributed by atoms with Crippen LogP contribution in [0.3, 0.4) is 0 Å². The fraction of sp³-hybridized carbons (Fsp3) is 0.526. The molecule has 1 aromatic heterocycles. The van der Waals surface area contributed by atoms with E-state index in [1.807, 2.05) is 12.3 Å². The lowest BCUT2D eigenvalue weighted by Crippen LogP contribution is -2.46. The normalized spacial score (nSPS) is 23.0. The monoisotopic (exact) mass is 328 g/mol. The lowest BCUT2D eigenvalue weighted by molar-refractivity contribution is 0.111. The summed E-state index contributed by atoms with van der Waals surface area (Å²) in [5.41, 5.74) is 2.97. The van der Waals surface area contributed by atoms with E-state index in [1.165, 1.54) is 44.8 Å². The molecular weight excluding hydrogens is 303 g/mol. The Balaban J connectivity index is 1.46. The fourth-order valence-corrected chi connectivity index (χ4v) is 4.15. The molecule has 4 nitrogen and oxygen atoms in total. The van der Waals surface area contributed by atoms with Gasteiger partial charge in [0.15, 0.2) is 0 Å². The lowest BCUT2D eigenvalue weighted by atomic mass is 10.0. The highest BCUT2D eigenvalue weighted by molar-refractivity contribution is 5.62. The van der Waals surface area contributed by atoms with Crippen LogP contribution in [0.25, 0.3) is 11.3 Å². The molecule has 0 aliphatic carbocycles. The SMILES string of the molecule is Fc1cccc(-c2[nH]ncc2CN2CCCC(N3CCCC3)C2)c1. The number of aromatic amines is 1. The molecule has 0 spiro atoms. The highest BCUT2D eigenvalue weighted by Crippen LogP contribution is 2.26. The summed E-state index contributed by atoms with van der Waals surface area (Å²) in [6, 6.07) is 7.43. The zero-order chi connectivity index (χ0) is 16.4. The maximum absolute atomic E-state index is 13.5. The van der Waals surface area contributed by atoms with Gasteiger partial charge in [0.25, 0.3) is 0 Å². The Bertz CT molecular complexity index is 678. The molecule has 0 bridgehead atoms. The second-order valence-corrected chi connectivity index (χ2v) is 7.05. The number of hydrogen-bond donors (Lipinski definition) is 1. The van der Waals surface area contributed by atoms with Crippen molar-refractivity contribution in [1.82, 2.24) is 20.0 Å². The Hall–Kier alpha value is -1.72. The van der Waals surface area contributed by atoms with Crippen LogP contribution in [-0.2, 0) is 6.54 Å². The van der Waals surface area contributed by atoms with Crippen molar-refractivity contribution >= 4 is 0 Å². The summed E-state index contributed by atoms with van der Waals surface area (Å²) < 4.78 is 13.5. The van der Waals surface area contributed by atoms with Gasteiger partial charge in [-0.2, -0.15) is 5.10 Å². The number of H-pyrrole nitrogens is 1. The molecule has 128 valence electrons. The number of likely N-dealkylation sites (tertiary alicyclic amines) is 2. The van der Waals surface area contributed by atoms with Crippen LogP contribution >= 0.6 is 0 Å². The average Bonchev–Trinajstić information content (AvgIpc) is 3.27. The van der Waals surface area contributed by atoms with Crippen molar-refractivity contribution in [2.24, 2.45) is 0 Å². The van der Waals surface area contributed by atoms with Crippen LogP contribution in [-0.4, -0.2) is 52.2 Å². The summed E-state index contributed by atoms with van der Waals surface area (Å²) in [7, 11) is 0. The molecule has 24 heavy (non-hydrogen) atoms. The van der Waals surface area contributed by atoms with E-state index in [-0.39, 0.29) is 5.82 Å². The van der Waals surface area contributed by atoms with Gasteiger partial charge in [-0.15, -0.1) is 0 Å². The van der Waals surface area contributed by atoms with Gasteiger partial charge >= 0.3 is 0 Å². The summed E-state index contributed by atoms with van der Waals surface area (Å²) in [5, 5.41) is 7.26. The maximum Gasteiger partial charge on any atom is 0.123 e. The quantitative estimate of drug-likeness (QED) is 0.935. The van der Waals surface area contributed by atoms with Crippen LogP contribution in [0.15, 0.2) is 30.5 Å². The van der Waals surface area contributed by atoms with E-state index in [0.717, 1.165) is 36.5 Å². The molecule has 0 radical (unpaired) electrons. The molecule has 4 rings (SSSR count). The Morgan fingerprint density at radius 3 is 2.88 bits per heavy atom. The molecule has 3 heterocycles. The first-order valence-electron chi connectivity index (χ1n) is 9.04. The molecule has 2 aromatic rings. The summed E-state index contributed by atoms with van der Waals surface area (Å²) in [6.45, 7) is 5.68. The zero-order valence-corrected chi connectivity index (χ0v) is 14.0. The standard InChI is InChI=1S/C19H25FN4/c20-17-6-3-5-15(11-17)19-16(12-21-22-19)13-23-8-4-7-18(14-23)24-9-1-2-10-24/h3,5-6,11-12,18H,1-2,4,7-10,13-14H2,(H,21,22). The van der Waals surface area contributed by atoms with Gasteiger partial charge in [-0.1, -0.05) is 12.1 Å². The zero-order valence-electron chi connectivity index (χ0n) is 14.0. The molecule has 2 aliphatic rings. The van der Waals surface area contributed by atoms with E-state index in [2.05, 4.69) is 20.0 Å². The van der Waals surface area contributed by atoms with Gasteiger partial charge < -0.3 is 0 Å². The number of nitrogens with zero attached hydrogens (tertiary/aromatic N) is 3. The predicted molar refractivity (Wildman–Crippen MR) is 93.1 cm³/mol. The number of aromatic nitrogens is 2. The van der Waals surface area contributed by atoms with E-state index in [0.29, 0.717) is 6.04 Å². The topological polar surface area (TPSA) is 35.2 Å². The number of piperidine rings is 1. The summed E-state index contributed by atoms with van der Waals surface area (Å²) in [4.78, 5) is 5.19. The van der Waals surface area contributed by atoms with E-state index >= 15 is 0 Å². The molecule has 1 aromatic carbocycles. The molecule has 2 saturated heterocycles. The number of hydrogen-bond acceptors (Lipinski definition) is 3. The van der Waals surface area contributed by atoms with Crippen molar-refractivity contribution in [2.45, 2.75) is 38.3 Å². The molecule has 0 amide bonds. The number of rotatable bonds is 4. The minimum Gasteiger partial charge on any atom is -0.299 e. The minimum absolute atomic E-state index is 0.208. The summed E-state index contributed by atoms with van der Waals surface area (Å²) >= 11 is 0. The van der Waals surface area contributed by atoms with E-state index in [4.69, 9.17) is 0 Å². The number of nitrogens with one attached hydrogen (secondary N) is 1. The minimum atomic E-state index is -0.208. The average molecular weight is 328 g/mol. The highest BCUT2D eigenvalue weighted by Gasteiger charge is 2.27. The van der Waals surface area contributed by atoms with Crippen LogP contribution in [0, 0.1) is 5.82 Å². The van der Waals surface area contributed by atoms with Gasteiger partial charge in [0.2, 0.25) is 0 Å². The third-order valence-corrected chi connectivity index (χ3v) is 5.36. The number of benzene rings is 1. The van der Waals surface area contributed by atoms with Crippen molar-refractivity contribution in [2.75, 3.05) is 26.2 Å². The molecule has 1 atom stereocenters. The van der Waals surface area contributed by atoms with Gasteiger partial charge in [0, 0.05) is 30.3 Å². The first kappa shape index (κ1) is 15.8. The Morgan fingerprint density at radius 1 is 1.17 bits per heavy atom. The first-order valence-corrected chi connectivity index (χ1v) is 9.04. The van der Waals surface area contributed by atoms with Gasteiger partial charge in [0.05, 0.1) is 11.9 Å². The third kappa shape index (κ3) is 3.37. The molecule has 2 fully saturated rings. The van der Waals surface area contributed by atoms with Crippen molar-refractivity contribution in [3.8, 4) is 11.3 Å². The van der Waals surface area contributed by atoms with Crippen LogP contribution in [0.2, 0.25) is 0 Å². The van der Waals surface area contributed by atoms with Crippen molar-refractivity contribution in [1.29, 1.82) is 0 Å². The Morgan fingerprint density at radius 2 is 2.04 bits per heavy atom. The second kappa shape index (κ2) is 7.03. The lowest BCUT2D eigenvalue weighted by Gasteiger charge is -2.37. The maximum atomic E-state index is 13.5. The van der Waals surface area contributed by atoms with Crippen LogP contribution in [0.4, 0.5) is 4.39 Å². The van der Waals surface area contributed by atoms with Crippen LogP contribution < -0.4 is 0 Å². The van der Waals surface area contributed by atoms with Crippen molar-refractivity contribution in [3.05, 3.63) is 41.8 Å². The third-order valence-electron chi connectivity index (χ3n) is 5.36. The largest absolute Gasteiger partial charge is 0.299 e. The highest BCUT2D eigenvalue weighted by atomic mass is 19.1. The Kier molecular flexibility index (Phi) is 4.63. The summed E-state index contributed by atoms with van der Waals surface area (Å²) in [5.74, 6) is -0.208.